The number of anilines is 3. The fraction of sp³-hybridized carbons (Fsp3) is 0.150. The van der Waals surface area contributed by atoms with Crippen LogP contribution in [0.2, 0.25) is 0 Å². The Labute approximate surface area is 152 Å². The number of hydrogen-bond donors (Lipinski definition) is 1. The van der Waals surface area contributed by atoms with E-state index in [1.54, 1.807) is 0 Å². The highest BCUT2D eigenvalue weighted by molar-refractivity contribution is 5.73. The summed E-state index contributed by atoms with van der Waals surface area (Å²) in [6.45, 7) is 2.03. The van der Waals surface area contributed by atoms with Crippen molar-refractivity contribution < 1.29 is 0 Å². The zero-order valence-corrected chi connectivity index (χ0v) is 15.0. The first-order valence-corrected chi connectivity index (χ1v) is 8.45. The van der Waals surface area contributed by atoms with Crippen LogP contribution in [-0.4, -0.2) is 33.7 Å². The van der Waals surface area contributed by atoms with Gasteiger partial charge in [0.05, 0.1) is 5.69 Å². The first kappa shape index (κ1) is 16.1. The zero-order valence-electron chi connectivity index (χ0n) is 15.0. The summed E-state index contributed by atoms with van der Waals surface area (Å²) >= 11 is 0. The van der Waals surface area contributed by atoms with Gasteiger partial charge in [0.15, 0.2) is 5.65 Å². The summed E-state index contributed by atoms with van der Waals surface area (Å²) in [6.07, 6.45) is 0. The molecule has 130 valence electrons. The van der Waals surface area contributed by atoms with Crippen molar-refractivity contribution in [1.29, 1.82) is 0 Å². The van der Waals surface area contributed by atoms with Gasteiger partial charge in [0, 0.05) is 30.9 Å². The average molecular weight is 344 g/mol. The van der Waals surface area contributed by atoms with Gasteiger partial charge in [-0.25, -0.2) is 9.38 Å². The van der Waals surface area contributed by atoms with Gasteiger partial charge in [-0.2, -0.15) is 0 Å². The van der Waals surface area contributed by atoms with E-state index in [1.165, 1.54) is 0 Å². The second kappa shape index (κ2) is 6.48. The number of aryl methyl sites for hydroxylation is 1. The van der Waals surface area contributed by atoms with Crippen molar-refractivity contribution in [3.8, 4) is 11.3 Å². The van der Waals surface area contributed by atoms with Gasteiger partial charge < -0.3 is 10.2 Å². The average Bonchev–Trinajstić information content (AvgIpc) is 3.08. The first-order chi connectivity index (χ1) is 12.6. The molecule has 0 aliphatic carbocycles. The standard InChI is InChI=1S/C20H20N6/c1-14-17(15-10-6-4-7-11-15)22-20(25(2)3)26-18(14)23-24-19(26)21-16-12-8-5-9-13-16/h4-13H,1-3H3,(H,21,24). The lowest BCUT2D eigenvalue weighted by atomic mass is 10.1. The molecule has 0 aliphatic rings. The highest BCUT2D eigenvalue weighted by Gasteiger charge is 2.19. The summed E-state index contributed by atoms with van der Waals surface area (Å²) in [4.78, 5) is 6.88. The molecule has 0 aliphatic heterocycles. The number of rotatable bonds is 4. The summed E-state index contributed by atoms with van der Waals surface area (Å²) in [5.74, 6) is 1.41. The minimum Gasteiger partial charge on any atom is -0.348 e. The van der Waals surface area contributed by atoms with E-state index in [9.17, 15) is 0 Å². The van der Waals surface area contributed by atoms with E-state index < -0.39 is 0 Å². The Morgan fingerprint density at radius 2 is 1.54 bits per heavy atom. The van der Waals surface area contributed by atoms with Crippen LogP contribution in [0, 0.1) is 6.92 Å². The Morgan fingerprint density at radius 1 is 0.885 bits per heavy atom. The quantitative estimate of drug-likeness (QED) is 0.608. The zero-order chi connectivity index (χ0) is 18.1. The third-order valence-corrected chi connectivity index (χ3v) is 4.24. The van der Waals surface area contributed by atoms with Crippen LogP contribution in [-0.2, 0) is 0 Å². The maximum absolute atomic E-state index is 4.91. The van der Waals surface area contributed by atoms with Gasteiger partial charge in [0.2, 0.25) is 11.9 Å². The molecule has 6 nitrogen and oxygen atoms in total. The summed E-state index contributed by atoms with van der Waals surface area (Å²) in [7, 11) is 3.94. The third-order valence-electron chi connectivity index (χ3n) is 4.24. The van der Waals surface area contributed by atoms with Crippen molar-refractivity contribution in [3.05, 3.63) is 66.2 Å². The molecule has 26 heavy (non-hydrogen) atoms. The van der Waals surface area contributed by atoms with Gasteiger partial charge in [-0.3, -0.25) is 0 Å². The maximum atomic E-state index is 4.91. The number of fused-ring (bicyclic) bond motifs is 1. The lowest BCUT2D eigenvalue weighted by Gasteiger charge is -2.18. The minimum atomic E-state index is 0.644. The van der Waals surface area contributed by atoms with Crippen LogP contribution in [0.3, 0.4) is 0 Å². The SMILES string of the molecule is Cc1c(-c2ccccc2)nc(N(C)C)n2c(Nc3ccccc3)nnc12. The molecule has 0 radical (unpaired) electrons. The van der Waals surface area contributed by atoms with Crippen molar-refractivity contribution in [1.82, 2.24) is 19.6 Å². The van der Waals surface area contributed by atoms with Crippen molar-refractivity contribution in [3.63, 3.8) is 0 Å². The molecule has 2 aromatic heterocycles. The molecule has 1 N–H and O–H groups in total. The lowest BCUT2D eigenvalue weighted by Crippen LogP contribution is -2.17. The van der Waals surface area contributed by atoms with Crippen molar-refractivity contribution in [2.75, 3.05) is 24.3 Å². The number of aromatic nitrogens is 4. The highest BCUT2D eigenvalue weighted by atomic mass is 15.4. The lowest BCUT2D eigenvalue weighted by molar-refractivity contribution is 0.957. The molecule has 0 fully saturated rings. The second-order valence-electron chi connectivity index (χ2n) is 6.32. The molecule has 0 spiro atoms. The van der Waals surface area contributed by atoms with Crippen molar-refractivity contribution in [2.45, 2.75) is 6.92 Å². The van der Waals surface area contributed by atoms with Gasteiger partial charge in [-0.05, 0) is 19.1 Å². The highest BCUT2D eigenvalue weighted by Crippen LogP contribution is 2.29. The van der Waals surface area contributed by atoms with E-state index in [4.69, 9.17) is 4.98 Å². The van der Waals surface area contributed by atoms with Crippen LogP contribution in [0.25, 0.3) is 16.9 Å². The Morgan fingerprint density at radius 3 is 2.19 bits per heavy atom. The summed E-state index contributed by atoms with van der Waals surface area (Å²) in [5, 5.41) is 12.1. The van der Waals surface area contributed by atoms with E-state index in [1.807, 2.05) is 78.9 Å². The molecule has 0 bridgehead atoms. The van der Waals surface area contributed by atoms with Gasteiger partial charge in [-0.1, -0.05) is 48.5 Å². The largest absolute Gasteiger partial charge is 0.348 e. The van der Waals surface area contributed by atoms with Gasteiger partial charge in [0.1, 0.15) is 0 Å². The molecule has 4 rings (SSSR count). The normalized spacial score (nSPS) is 10.9. The van der Waals surface area contributed by atoms with E-state index in [-0.39, 0.29) is 0 Å². The Bertz CT molecular complexity index is 1040. The van der Waals surface area contributed by atoms with Crippen LogP contribution in [0.4, 0.5) is 17.6 Å². The summed E-state index contributed by atoms with van der Waals surface area (Å²) in [5.41, 5.74) is 4.73. The fourth-order valence-corrected chi connectivity index (χ4v) is 2.96. The summed E-state index contributed by atoms with van der Waals surface area (Å²) in [6, 6.07) is 20.1. The number of benzene rings is 2. The Balaban J connectivity index is 1.92. The molecule has 6 heteroatoms. The third kappa shape index (κ3) is 2.75. The minimum absolute atomic E-state index is 0.644. The number of para-hydroxylation sites is 1. The smallest absolute Gasteiger partial charge is 0.236 e. The predicted molar refractivity (Wildman–Crippen MR) is 105 cm³/mol. The van der Waals surface area contributed by atoms with Gasteiger partial charge >= 0.3 is 0 Å². The van der Waals surface area contributed by atoms with Crippen LogP contribution in [0.1, 0.15) is 5.56 Å². The molecular formula is C20H20N6. The van der Waals surface area contributed by atoms with E-state index in [0.717, 1.165) is 34.1 Å². The van der Waals surface area contributed by atoms with E-state index in [2.05, 4.69) is 27.6 Å². The molecule has 0 unspecified atom stereocenters. The van der Waals surface area contributed by atoms with Gasteiger partial charge in [0.25, 0.3) is 0 Å². The van der Waals surface area contributed by atoms with E-state index >= 15 is 0 Å². The maximum Gasteiger partial charge on any atom is 0.236 e. The van der Waals surface area contributed by atoms with Crippen molar-refractivity contribution >= 4 is 23.2 Å². The molecule has 2 heterocycles. The first-order valence-electron chi connectivity index (χ1n) is 8.45. The molecule has 0 amide bonds. The van der Waals surface area contributed by atoms with Crippen LogP contribution in [0.15, 0.2) is 60.7 Å². The second-order valence-corrected chi connectivity index (χ2v) is 6.32. The Kier molecular flexibility index (Phi) is 4.01. The van der Waals surface area contributed by atoms with Crippen LogP contribution < -0.4 is 10.2 Å². The Hall–Kier alpha value is -3.41. The number of nitrogens with one attached hydrogen (secondary N) is 1. The molecule has 4 aromatic rings. The number of hydrogen-bond acceptors (Lipinski definition) is 5. The topological polar surface area (TPSA) is 58.4 Å². The van der Waals surface area contributed by atoms with E-state index in [0.29, 0.717) is 5.95 Å². The monoisotopic (exact) mass is 344 g/mol. The van der Waals surface area contributed by atoms with Crippen LogP contribution in [0.5, 0.6) is 0 Å². The van der Waals surface area contributed by atoms with Crippen LogP contribution >= 0.6 is 0 Å². The molecule has 2 aromatic carbocycles. The molecule has 0 atom stereocenters. The predicted octanol–water partition coefficient (Wildman–Crippen LogP) is 3.91. The number of nitrogens with zero attached hydrogens (tertiary/aromatic N) is 5. The summed E-state index contributed by atoms with van der Waals surface area (Å²) < 4.78 is 1.95. The van der Waals surface area contributed by atoms with Crippen molar-refractivity contribution in [2.24, 2.45) is 0 Å². The fourth-order valence-electron chi connectivity index (χ4n) is 2.96. The molecular weight excluding hydrogens is 324 g/mol. The molecule has 0 saturated heterocycles. The van der Waals surface area contributed by atoms with Gasteiger partial charge in [-0.15, -0.1) is 10.2 Å². The molecule has 0 saturated carbocycles.